The van der Waals surface area contributed by atoms with Gasteiger partial charge < -0.3 is 34.7 Å². The zero-order valence-electron chi connectivity index (χ0n) is 45.9. The first-order chi connectivity index (χ1) is 35.3. The molecule has 0 amide bonds. The minimum atomic E-state index is -2.31. The summed E-state index contributed by atoms with van der Waals surface area (Å²) in [5.74, 6) is 0.913. The number of rotatable bonds is 8. The molecule has 0 unspecified atom stereocenters. The van der Waals surface area contributed by atoms with E-state index in [0.717, 1.165) is 22.5 Å². The molecule has 0 aliphatic carbocycles. The minimum absolute atomic E-state index is 0. The van der Waals surface area contributed by atoms with Gasteiger partial charge in [-0.3, -0.25) is 0 Å². The number of hydrogen-bond donors (Lipinski definition) is 0. The van der Waals surface area contributed by atoms with Crippen LogP contribution in [0.15, 0.2) is 158 Å². The molecular formula is C60H58BN7Pt. The van der Waals surface area contributed by atoms with E-state index < -0.39 is 14.0 Å². The minimum Gasteiger partial charge on any atom is -0.659 e. The molecule has 7 aromatic carbocycles. The van der Waals surface area contributed by atoms with E-state index in [9.17, 15) is 0 Å². The number of anilines is 8. The molecule has 5 aliphatic rings. The van der Waals surface area contributed by atoms with Crippen molar-refractivity contribution in [2.24, 2.45) is 0 Å². The van der Waals surface area contributed by atoms with Crippen LogP contribution >= 0.6 is 0 Å². The maximum atomic E-state index is 7.78. The normalized spacial score (nSPS) is 16.3. The molecule has 0 N–H and O–H groups in total. The molecule has 0 atom stereocenters. The van der Waals surface area contributed by atoms with E-state index in [1.54, 1.807) is 22.2 Å². The predicted molar refractivity (Wildman–Crippen MR) is 288 cm³/mol. The van der Waals surface area contributed by atoms with Gasteiger partial charge >= 0.3 is 21.1 Å². The van der Waals surface area contributed by atoms with Gasteiger partial charge in [-0.05, 0) is 145 Å². The van der Waals surface area contributed by atoms with E-state index in [-0.39, 0.29) is 39.6 Å². The molecule has 5 aliphatic heterocycles. The number of nitrogens with zero attached hydrogens (tertiary/aromatic N) is 7. The molecule has 0 spiro atoms. The van der Waals surface area contributed by atoms with E-state index in [4.69, 9.17) is 13.5 Å². The first kappa shape index (κ1) is 39.2. The quantitative estimate of drug-likeness (QED) is 0.111. The van der Waals surface area contributed by atoms with Gasteiger partial charge in [-0.25, -0.2) is 0 Å². The second-order valence-electron chi connectivity index (χ2n) is 19.2. The van der Waals surface area contributed by atoms with E-state index in [1.165, 1.54) is 108 Å². The molecule has 7 aromatic rings. The third-order valence-corrected chi connectivity index (χ3v) is 13.6. The van der Waals surface area contributed by atoms with E-state index in [0.29, 0.717) is 17.3 Å². The predicted octanol–water partition coefficient (Wildman–Crippen LogP) is 13.9. The van der Waals surface area contributed by atoms with Crippen molar-refractivity contribution >= 4 is 80.0 Å². The smallest absolute Gasteiger partial charge is 0.659 e. The monoisotopic (exact) mass is 1090 g/mol. The molecule has 7 nitrogen and oxygen atoms in total. The van der Waals surface area contributed by atoms with Gasteiger partial charge in [0.2, 0.25) is 6.71 Å². The second kappa shape index (κ2) is 18.4. The molecule has 5 heterocycles. The Morgan fingerprint density at radius 1 is 0.536 bits per heavy atom. The third kappa shape index (κ3) is 8.11. The van der Waals surface area contributed by atoms with E-state index in [2.05, 4.69) is 186 Å². The van der Waals surface area contributed by atoms with Gasteiger partial charge in [0.15, 0.2) is 0 Å². The van der Waals surface area contributed by atoms with Gasteiger partial charge in [0, 0.05) is 42.3 Å². The third-order valence-electron chi connectivity index (χ3n) is 13.6. The van der Waals surface area contributed by atoms with Gasteiger partial charge in [0.25, 0.3) is 0 Å². The number of benzene rings is 7. The summed E-state index contributed by atoms with van der Waals surface area (Å²) >= 11 is 0. The summed E-state index contributed by atoms with van der Waals surface area (Å²) in [5.41, 5.74) is 21.8. The van der Waals surface area contributed by atoms with Crippen LogP contribution in [0.4, 0.5) is 56.9 Å². The van der Waals surface area contributed by atoms with Crippen molar-refractivity contribution < 1.29 is 29.3 Å². The Morgan fingerprint density at radius 3 is 1.43 bits per heavy atom. The Labute approximate surface area is 433 Å². The van der Waals surface area contributed by atoms with E-state index >= 15 is 0 Å². The van der Waals surface area contributed by atoms with Crippen molar-refractivity contribution in [1.29, 1.82) is 0 Å². The van der Waals surface area contributed by atoms with Crippen LogP contribution in [0.25, 0.3) is 16.4 Å². The second-order valence-corrected chi connectivity index (χ2v) is 19.2. The largest absolute Gasteiger partial charge is 4.00 e. The summed E-state index contributed by atoms with van der Waals surface area (Å²) < 4.78 is 46.7. The fraction of sp³-hybridized carbons (Fsp3) is 0.200. The first-order valence-corrected chi connectivity index (χ1v) is 23.6. The van der Waals surface area contributed by atoms with Crippen molar-refractivity contribution in [3.63, 3.8) is 0 Å². The SMILES string of the molecule is Cc1cc2c3c(c1)N(c1ccccc1)c1cccc4c1B3c1c(cccc1N2c1ccccc1)[N-]4.[2H]C([2H])([2H])N1C=CN(c2[c-]c(N3C=CN(C([2H])([2H])[2H])[CH-]3)cc(-c3c(C(C)C)cc(C(C)C)cc3C(C)C)c2)[CH-]1.[Pt+4]. The van der Waals surface area contributed by atoms with Gasteiger partial charge in [0.1, 0.15) is 0 Å². The van der Waals surface area contributed by atoms with Gasteiger partial charge in [-0.2, -0.15) is 13.3 Å². The Hall–Kier alpha value is -6.63. The van der Waals surface area contributed by atoms with Crippen LogP contribution in [0, 0.1) is 26.3 Å². The summed E-state index contributed by atoms with van der Waals surface area (Å²) in [4.78, 5) is 10.7. The summed E-state index contributed by atoms with van der Waals surface area (Å²) in [6.07, 6.45) is 6.42. The average Bonchev–Trinajstić information content (AvgIpc) is 4.10. The first-order valence-electron chi connectivity index (χ1n) is 26.6. The molecule has 0 bridgehead atoms. The van der Waals surface area contributed by atoms with Crippen LogP contribution in [0.5, 0.6) is 0 Å². The zero-order valence-corrected chi connectivity index (χ0v) is 42.2. The Morgan fingerprint density at radius 2 is 1.01 bits per heavy atom. The summed E-state index contributed by atoms with van der Waals surface area (Å²) in [7, 11) is 0. The van der Waals surface area contributed by atoms with Crippen molar-refractivity contribution in [3.05, 3.63) is 205 Å². The van der Waals surface area contributed by atoms with E-state index in [1.807, 2.05) is 12.1 Å². The molecule has 12 rings (SSSR count). The Kier molecular flexibility index (Phi) is 10.4. The van der Waals surface area contributed by atoms with Crippen LogP contribution in [0.2, 0.25) is 0 Å². The molecular weight excluding hydrogens is 1020 g/mol. The fourth-order valence-corrected chi connectivity index (χ4v) is 10.5. The van der Waals surface area contributed by atoms with Gasteiger partial charge in [-0.1, -0.05) is 125 Å². The Balaban J connectivity index is 0.000000169. The summed E-state index contributed by atoms with van der Waals surface area (Å²) in [5, 5.41) is 5.19. The summed E-state index contributed by atoms with van der Waals surface area (Å²) in [6.45, 7) is 14.0. The van der Waals surface area contributed by atoms with Crippen LogP contribution < -0.4 is 36.0 Å². The Bertz CT molecular complexity index is 3160. The number of aryl methyl sites for hydroxylation is 1. The maximum Gasteiger partial charge on any atom is 4.00 e. The summed E-state index contributed by atoms with van der Waals surface area (Å²) in [6, 6.07) is 51.3. The molecule has 0 fully saturated rings. The van der Waals surface area contributed by atoms with Crippen molar-refractivity contribution in [2.45, 2.75) is 66.2 Å². The van der Waals surface area contributed by atoms with Crippen LogP contribution in [-0.2, 0) is 21.1 Å². The van der Waals surface area contributed by atoms with Crippen molar-refractivity contribution in [3.8, 4) is 11.1 Å². The van der Waals surface area contributed by atoms with Crippen molar-refractivity contribution in [1.82, 2.24) is 9.80 Å². The molecule has 0 aromatic heterocycles. The van der Waals surface area contributed by atoms with Gasteiger partial charge in [0.05, 0.1) is 0 Å². The molecule has 0 saturated heterocycles. The fourth-order valence-electron chi connectivity index (χ4n) is 10.5. The topological polar surface area (TPSA) is 33.5 Å². The number of hydrogen-bond acceptors (Lipinski definition) is 6. The van der Waals surface area contributed by atoms with Gasteiger partial charge in [-0.15, -0.1) is 46.5 Å². The average molecular weight is 1090 g/mol. The standard InChI is InChI=1S/C31H21BN3.C29H37N4.Pt/c1-20-18-27-31-28(19-20)35(22-12-6-3-7-13-22)26-17-9-15-24-30(26)32(31)29-23(33-24)14-8-16-25(29)34(27)21-10-4-2-5-11-21;1-20(2)23-15-27(21(3)4)29(28(16-23)22(5)6)24-13-25(32-11-9-30(7)18-32)17-26(14-24)33-12-10-31(8)19-33;/h2-19H,1H3;9-16,18-22H,1-8H3;/q-1;-3;+4/i;7D3,8D3;. The number of para-hydroxylation sites is 2. The maximum absolute atomic E-state index is 7.78. The van der Waals surface area contributed by atoms with Crippen LogP contribution in [0.1, 0.15) is 89.8 Å². The van der Waals surface area contributed by atoms with Crippen LogP contribution in [0.3, 0.4) is 0 Å². The van der Waals surface area contributed by atoms with Crippen molar-refractivity contribution in [2.75, 3.05) is 33.6 Å². The zero-order chi connectivity index (χ0) is 52.0. The molecule has 0 radical (unpaired) electrons. The molecule has 9 heteroatoms. The molecule has 0 saturated carbocycles. The van der Waals surface area contributed by atoms with Crippen LogP contribution in [-0.4, -0.2) is 30.5 Å². The molecule has 346 valence electrons. The molecule has 69 heavy (non-hydrogen) atoms.